The van der Waals surface area contributed by atoms with Gasteiger partial charge in [-0.05, 0) is 23.3 Å². The fraction of sp³-hybridized carbons (Fsp3) is 0.273. The normalized spacial score (nSPS) is 11.1. The summed E-state index contributed by atoms with van der Waals surface area (Å²) in [7, 11) is 0. The molecular formula is C11H7ClF3NO2. The van der Waals surface area contributed by atoms with Crippen LogP contribution >= 0.6 is 11.6 Å². The predicted octanol–water partition coefficient (Wildman–Crippen LogP) is 2.94. The van der Waals surface area contributed by atoms with Crippen LogP contribution in [-0.4, -0.2) is 11.1 Å². The number of aliphatic carboxylic acids is 1. The quantitative estimate of drug-likeness (QED) is 0.864. The molecule has 0 radical (unpaired) electrons. The summed E-state index contributed by atoms with van der Waals surface area (Å²) in [5.41, 5.74) is -1.53. The lowest BCUT2D eigenvalue weighted by atomic mass is 9.97. The Morgan fingerprint density at radius 1 is 1.39 bits per heavy atom. The van der Waals surface area contributed by atoms with E-state index in [1.165, 1.54) is 0 Å². The first kappa shape index (κ1) is 14.3. The third-order valence-corrected chi connectivity index (χ3v) is 2.53. The number of carboxylic acid groups (broad SMARTS) is 1. The third kappa shape index (κ3) is 3.14. The van der Waals surface area contributed by atoms with Crippen LogP contribution in [-0.2, 0) is 23.3 Å². The van der Waals surface area contributed by atoms with E-state index in [1.807, 2.05) is 0 Å². The molecule has 0 atom stereocenters. The first-order valence-corrected chi connectivity index (χ1v) is 5.24. The first-order chi connectivity index (χ1) is 8.29. The maximum atomic E-state index is 12.7. The summed E-state index contributed by atoms with van der Waals surface area (Å²) in [6, 6.07) is 3.35. The van der Waals surface area contributed by atoms with Crippen molar-refractivity contribution in [2.75, 3.05) is 0 Å². The standard InChI is InChI=1S/C11H7ClF3NO2/c12-4-7-2-9(11(13,14)15)6(3-10(17)18)1-8(7)5-16/h1-2H,3-4H2,(H,17,18). The molecule has 0 saturated heterocycles. The van der Waals surface area contributed by atoms with E-state index in [9.17, 15) is 18.0 Å². The number of nitriles is 1. The third-order valence-electron chi connectivity index (χ3n) is 2.24. The van der Waals surface area contributed by atoms with Crippen molar-refractivity contribution in [3.63, 3.8) is 0 Å². The number of hydrogen-bond acceptors (Lipinski definition) is 2. The van der Waals surface area contributed by atoms with Crippen LogP contribution < -0.4 is 0 Å². The zero-order valence-corrected chi connectivity index (χ0v) is 9.64. The molecule has 0 aliphatic rings. The van der Waals surface area contributed by atoms with Crippen LogP contribution in [0.3, 0.4) is 0 Å². The number of halogens is 4. The SMILES string of the molecule is N#Cc1cc(CC(=O)O)c(C(F)(F)F)cc1CCl. The van der Waals surface area contributed by atoms with E-state index in [0.717, 1.165) is 12.1 Å². The molecule has 1 aromatic rings. The Kier molecular flexibility index (Phi) is 4.19. The molecule has 18 heavy (non-hydrogen) atoms. The number of hydrogen-bond donors (Lipinski definition) is 1. The Morgan fingerprint density at radius 2 is 2.00 bits per heavy atom. The first-order valence-electron chi connectivity index (χ1n) is 4.70. The van der Waals surface area contributed by atoms with E-state index in [-0.39, 0.29) is 17.0 Å². The highest BCUT2D eigenvalue weighted by Crippen LogP contribution is 2.34. The number of nitrogens with zero attached hydrogens (tertiary/aromatic N) is 1. The van der Waals surface area contributed by atoms with Gasteiger partial charge in [-0.2, -0.15) is 18.4 Å². The molecule has 1 rings (SSSR count). The number of carbonyl (C=O) groups is 1. The van der Waals surface area contributed by atoms with Crippen LogP contribution in [0.5, 0.6) is 0 Å². The fourth-order valence-electron chi connectivity index (χ4n) is 1.48. The molecule has 0 unspecified atom stereocenters. The second-order valence-electron chi connectivity index (χ2n) is 3.48. The molecule has 0 aromatic heterocycles. The topological polar surface area (TPSA) is 61.1 Å². The van der Waals surface area contributed by atoms with Crippen LogP contribution in [0.2, 0.25) is 0 Å². The Hall–Kier alpha value is -1.74. The zero-order chi connectivity index (χ0) is 13.9. The summed E-state index contributed by atoms with van der Waals surface area (Å²) in [6.07, 6.45) is -5.48. The van der Waals surface area contributed by atoms with Gasteiger partial charge in [-0.1, -0.05) is 0 Å². The molecule has 7 heteroatoms. The van der Waals surface area contributed by atoms with Gasteiger partial charge in [-0.15, -0.1) is 11.6 Å². The maximum absolute atomic E-state index is 12.7. The highest BCUT2D eigenvalue weighted by molar-refractivity contribution is 6.17. The highest BCUT2D eigenvalue weighted by atomic mass is 35.5. The molecule has 0 saturated carbocycles. The smallest absolute Gasteiger partial charge is 0.416 e. The van der Waals surface area contributed by atoms with Crippen LogP contribution in [0.25, 0.3) is 0 Å². The second-order valence-corrected chi connectivity index (χ2v) is 3.75. The summed E-state index contributed by atoms with van der Waals surface area (Å²) in [5.74, 6) is -1.65. The van der Waals surface area contributed by atoms with Gasteiger partial charge in [-0.25, -0.2) is 0 Å². The minimum absolute atomic E-state index is 0.0284. The Balaban J connectivity index is 3.47. The Labute approximate surface area is 105 Å². The van der Waals surface area contributed by atoms with E-state index >= 15 is 0 Å². The van der Waals surface area contributed by atoms with Crippen molar-refractivity contribution in [3.8, 4) is 6.07 Å². The highest BCUT2D eigenvalue weighted by Gasteiger charge is 2.34. The number of benzene rings is 1. The van der Waals surface area contributed by atoms with Crippen molar-refractivity contribution < 1.29 is 23.1 Å². The van der Waals surface area contributed by atoms with Gasteiger partial charge in [-0.3, -0.25) is 4.79 Å². The van der Waals surface area contributed by atoms with Crippen molar-refractivity contribution in [1.82, 2.24) is 0 Å². The van der Waals surface area contributed by atoms with Gasteiger partial charge in [0.2, 0.25) is 0 Å². The average molecular weight is 278 g/mol. The number of carboxylic acids is 1. The summed E-state index contributed by atoms with van der Waals surface area (Å²) in [5, 5.41) is 17.3. The summed E-state index contributed by atoms with van der Waals surface area (Å²) in [4.78, 5) is 10.5. The number of rotatable bonds is 3. The van der Waals surface area contributed by atoms with E-state index < -0.39 is 29.7 Å². The van der Waals surface area contributed by atoms with Crippen molar-refractivity contribution in [2.24, 2.45) is 0 Å². The molecule has 0 amide bonds. The van der Waals surface area contributed by atoms with Crippen LogP contribution in [0.4, 0.5) is 13.2 Å². The van der Waals surface area contributed by atoms with Gasteiger partial charge in [0.05, 0.1) is 23.6 Å². The van der Waals surface area contributed by atoms with E-state index in [1.54, 1.807) is 6.07 Å². The van der Waals surface area contributed by atoms with Crippen molar-refractivity contribution in [3.05, 3.63) is 34.4 Å². The number of alkyl halides is 4. The molecule has 1 aromatic carbocycles. The van der Waals surface area contributed by atoms with E-state index in [2.05, 4.69) is 0 Å². The van der Waals surface area contributed by atoms with E-state index in [4.69, 9.17) is 22.0 Å². The van der Waals surface area contributed by atoms with Gasteiger partial charge >= 0.3 is 12.1 Å². The maximum Gasteiger partial charge on any atom is 0.416 e. The predicted molar refractivity (Wildman–Crippen MR) is 57.1 cm³/mol. The average Bonchev–Trinajstić information content (AvgIpc) is 2.26. The fourth-order valence-corrected chi connectivity index (χ4v) is 1.70. The molecule has 0 spiro atoms. The van der Waals surface area contributed by atoms with Crippen LogP contribution in [0, 0.1) is 11.3 Å². The van der Waals surface area contributed by atoms with Crippen LogP contribution in [0.15, 0.2) is 12.1 Å². The molecule has 1 N–H and O–H groups in total. The van der Waals surface area contributed by atoms with E-state index in [0.29, 0.717) is 0 Å². The van der Waals surface area contributed by atoms with Gasteiger partial charge in [0.15, 0.2) is 0 Å². The molecule has 0 heterocycles. The van der Waals surface area contributed by atoms with Crippen LogP contribution in [0.1, 0.15) is 22.3 Å². The summed E-state index contributed by atoms with van der Waals surface area (Å²) in [6.45, 7) is 0. The molecule has 0 aliphatic heterocycles. The molecule has 0 fully saturated rings. The van der Waals surface area contributed by atoms with Gasteiger partial charge < -0.3 is 5.11 Å². The molecular weight excluding hydrogens is 271 g/mol. The lowest BCUT2D eigenvalue weighted by Crippen LogP contribution is -2.13. The lowest BCUT2D eigenvalue weighted by molar-refractivity contribution is -0.139. The summed E-state index contributed by atoms with van der Waals surface area (Å²) >= 11 is 5.46. The summed E-state index contributed by atoms with van der Waals surface area (Å²) < 4.78 is 38.2. The zero-order valence-electron chi connectivity index (χ0n) is 8.88. The minimum Gasteiger partial charge on any atom is -0.481 e. The molecule has 0 aliphatic carbocycles. The van der Waals surface area contributed by atoms with Crippen molar-refractivity contribution >= 4 is 17.6 Å². The second kappa shape index (κ2) is 5.27. The van der Waals surface area contributed by atoms with Gasteiger partial charge in [0, 0.05) is 5.88 Å². The monoisotopic (exact) mass is 277 g/mol. The van der Waals surface area contributed by atoms with Crippen molar-refractivity contribution in [1.29, 1.82) is 5.26 Å². The largest absolute Gasteiger partial charge is 0.481 e. The Bertz CT molecular complexity index is 520. The Morgan fingerprint density at radius 3 is 2.39 bits per heavy atom. The molecule has 96 valence electrons. The van der Waals surface area contributed by atoms with Crippen molar-refractivity contribution in [2.45, 2.75) is 18.5 Å². The van der Waals surface area contributed by atoms with Gasteiger partial charge in [0.25, 0.3) is 0 Å². The minimum atomic E-state index is -4.68. The molecule has 0 bridgehead atoms. The lowest BCUT2D eigenvalue weighted by Gasteiger charge is -2.14. The van der Waals surface area contributed by atoms with Gasteiger partial charge in [0.1, 0.15) is 0 Å². The molecule has 3 nitrogen and oxygen atoms in total.